The third-order valence-electron chi connectivity index (χ3n) is 1.73. The minimum atomic E-state index is -0.662. The molecule has 5 nitrogen and oxygen atoms in total. The highest BCUT2D eigenvalue weighted by atomic mass is 16.5. The van der Waals surface area contributed by atoms with Gasteiger partial charge in [-0.05, 0) is 0 Å². The van der Waals surface area contributed by atoms with Crippen molar-refractivity contribution in [2.75, 3.05) is 19.5 Å². The van der Waals surface area contributed by atoms with Crippen molar-refractivity contribution in [3.05, 3.63) is 22.2 Å². The Hall–Kier alpha value is -1.78. The van der Waals surface area contributed by atoms with Gasteiger partial charge in [-0.25, -0.2) is 4.79 Å². The molecule has 0 aliphatic rings. The lowest BCUT2D eigenvalue weighted by Gasteiger charge is -2.06. The maximum atomic E-state index is 11.3. The van der Waals surface area contributed by atoms with Gasteiger partial charge in [0.25, 0.3) is 0 Å². The Kier molecular flexibility index (Phi) is 2.91. The molecule has 0 spiro atoms. The van der Waals surface area contributed by atoms with Gasteiger partial charge in [-0.1, -0.05) is 0 Å². The van der Waals surface area contributed by atoms with E-state index in [1.54, 1.807) is 7.05 Å². The summed E-state index contributed by atoms with van der Waals surface area (Å²) in [7, 11) is 2.99. The summed E-state index contributed by atoms with van der Waals surface area (Å²) in [6.07, 6.45) is 0. The first kappa shape index (κ1) is 10.3. The van der Waals surface area contributed by atoms with E-state index in [-0.39, 0.29) is 17.3 Å². The van der Waals surface area contributed by atoms with Crippen molar-refractivity contribution < 1.29 is 13.9 Å². The Morgan fingerprint density at radius 2 is 2.21 bits per heavy atom. The molecule has 0 bridgehead atoms. The molecular weight excluding hydrogens is 186 g/mol. The summed E-state index contributed by atoms with van der Waals surface area (Å²) in [4.78, 5) is 22.2. The molecule has 1 heterocycles. The number of hydrogen-bond donors (Lipinski definition) is 1. The topological polar surface area (TPSA) is 68.5 Å². The number of carbonyl (C=O) groups excluding carboxylic acids is 1. The molecule has 0 fully saturated rings. The standard InChI is InChI=1S/C9H11NO4/c1-5(11)7-4-6(10-2)8(13-3)9(12)14-7/h4,10H,1-3H3. The van der Waals surface area contributed by atoms with E-state index in [0.29, 0.717) is 5.69 Å². The normalized spacial score (nSPS) is 9.64. The van der Waals surface area contributed by atoms with Gasteiger partial charge in [-0.3, -0.25) is 4.79 Å². The van der Waals surface area contributed by atoms with Crippen molar-refractivity contribution >= 4 is 11.5 Å². The molecule has 0 radical (unpaired) electrons. The second kappa shape index (κ2) is 3.95. The zero-order valence-corrected chi connectivity index (χ0v) is 8.21. The number of rotatable bonds is 3. The quantitative estimate of drug-likeness (QED) is 0.729. The minimum absolute atomic E-state index is 0.0140. The van der Waals surface area contributed by atoms with E-state index < -0.39 is 5.63 Å². The molecule has 0 aromatic carbocycles. The molecule has 0 atom stereocenters. The first-order valence-electron chi connectivity index (χ1n) is 4.01. The van der Waals surface area contributed by atoms with Crippen LogP contribution in [0.15, 0.2) is 15.3 Å². The average molecular weight is 197 g/mol. The Balaban J connectivity index is 3.39. The molecule has 1 rings (SSSR count). The molecule has 0 saturated carbocycles. The maximum Gasteiger partial charge on any atom is 0.381 e. The zero-order valence-electron chi connectivity index (χ0n) is 8.21. The van der Waals surface area contributed by atoms with Crippen molar-refractivity contribution in [3.8, 4) is 5.75 Å². The van der Waals surface area contributed by atoms with E-state index in [4.69, 9.17) is 9.15 Å². The first-order valence-corrected chi connectivity index (χ1v) is 4.01. The number of Topliss-reactive ketones (excluding diaryl/α,β-unsaturated/α-hetero) is 1. The van der Waals surface area contributed by atoms with Crippen LogP contribution < -0.4 is 15.7 Å². The SMILES string of the molecule is CNc1cc(C(C)=O)oc(=O)c1OC. The summed E-state index contributed by atoms with van der Waals surface area (Å²) < 4.78 is 9.55. The predicted octanol–water partition coefficient (Wildman–Crippen LogP) is 0.893. The Labute approximate surface area is 80.7 Å². The summed E-state index contributed by atoms with van der Waals surface area (Å²) in [5.74, 6) is -0.223. The highest BCUT2D eigenvalue weighted by molar-refractivity contribution is 5.92. The summed E-state index contributed by atoms with van der Waals surface area (Å²) in [6, 6.07) is 1.43. The monoisotopic (exact) mass is 197 g/mol. The number of methoxy groups -OCH3 is 1. The number of ether oxygens (including phenoxy) is 1. The van der Waals surface area contributed by atoms with Gasteiger partial charge in [-0.2, -0.15) is 0 Å². The molecule has 0 unspecified atom stereocenters. The van der Waals surface area contributed by atoms with E-state index in [9.17, 15) is 9.59 Å². The van der Waals surface area contributed by atoms with Crippen LogP contribution in [-0.4, -0.2) is 19.9 Å². The third-order valence-corrected chi connectivity index (χ3v) is 1.73. The van der Waals surface area contributed by atoms with E-state index in [1.165, 1.54) is 20.1 Å². The lowest BCUT2D eigenvalue weighted by atomic mass is 10.2. The molecule has 0 saturated heterocycles. The smallest absolute Gasteiger partial charge is 0.381 e. The number of anilines is 1. The Morgan fingerprint density at radius 1 is 1.57 bits per heavy atom. The van der Waals surface area contributed by atoms with Crippen LogP contribution in [0.5, 0.6) is 5.75 Å². The zero-order chi connectivity index (χ0) is 10.7. The third kappa shape index (κ3) is 1.76. The number of nitrogens with one attached hydrogen (secondary N) is 1. The van der Waals surface area contributed by atoms with Crippen LogP contribution in [0.1, 0.15) is 17.5 Å². The fourth-order valence-electron chi connectivity index (χ4n) is 1.03. The van der Waals surface area contributed by atoms with Crippen molar-refractivity contribution in [1.82, 2.24) is 0 Å². The van der Waals surface area contributed by atoms with Gasteiger partial charge in [0.2, 0.25) is 5.75 Å². The van der Waals surface area contributed by atoms with Crippen molar-refractivity contribution in [1.29, 1.82) is 0 Å². The van der Waals surface area contributed by atoms with Crippen molar-refractivity contribution in [2.45, 2.75) is 6.92 Å². The van der Waals surface area contributed by atoms with E-state index in [1.807, 2.05) is 0 Å². The fraction of sp³-hybridized carbons (Fsp3) is 0.333. The lowest BCUT2D eigenvalue weighted by molar-refractivity contribution is 0.0982. The first-order chi connectivity index (χ1) is 6.60. The van der Waals surface area contributed by atoms with E-state index in [0.717, 1.165) is 0 Å². The summed E-state index contributed by atoms with van der Waals surface area (Å²) in [6.45, 7) is 1.32. The van der Waals surface area contributed by atoms with Crippen LogP contribution in [0.3, 0.4) is 0 Å². The molecule has 0 amide bonds. The Morgan fingerprint density at radius 3 is 2.64 bits per heavy atom. The number of ketones is 1. The molecule has 0 aliphatic carbocycles. The number of carbonyl (C=O) groups is 1. The van der Waals surface area contributed by atoms with Crippen molar-refractivity contribution in [3.63, 3.8) is 0 Å². The maximum absolute atomic E-state index is 11.3. The molecule has 5 heteroatoms. The van der Waals surface area contributed by atoms with Gasteiger partial charge in [0.05, 0.1) is 12.8 Å². The molecule has 76 valence electrons. The molecule has 1 aromatic heterocycles. The van der Waals surface area contributed by atoms with Gasteiger partial charge in [0.15, 0.2) is 11.5 Å². The van der Waals surface area contributed by atoms with Gasteiger partial charge < -0.3 is 14.5 Å². The van der Waals surface area contributed by atoms with Crippen LogP contribution >= 0.6 is 0 Å². The highest BCUT2D eigenvalue weighted by Crippen LogP contribution is 2.20. The molecule has 0 aliphatic heterocycles. The van der Waals surface area contributed by atoms with Crippen LogP contribution in [0.2, 0.25) is 0 Å². The van der Waals surface area contributed by atoms with Crippen molar-refractivity contribution in [2.24, 2.45) is 0 Å². The number of hydrogen-bond acceptors (Lipinski definition) is 5. The summed E-state index contributed by atoms with van der Waals surface area (Å²) >= 11 is 0. The van der Waals surface area contributed by atoms with E-state index >= 15 is 0 Å². The van der Waals surface area contributed by atoms with Gasteiger partial charge >= 0.3 is 5.63 Å². The van der Waals surface area contributed by atoms with Crippen LogP contribution in [0, 0.1) is 0 Å². The van der Waals surface area contributed by atoms with Crippen LogP contribution in [0.25, 0.3) is 0 Å². The average Bonchev–Trinajstić information content (AvgIpc) is 2.16. The van der Waals surface area contributed by atoms with E-state index in [2.05, 4.69) is 5.32 Å². The van der Waals surface area contributed by atoms with Crippen LogP contribution in [-0.2, 0) is 0 Å². The molecule has 14 heavy (non-hydrogen) atoms. The highest BCUT2D eigenvalue weighted by Gasteiger charge is 2.13. The molecule has 1 N–H and O–H groups in total. The summed E-state index contributed by atoms with van der Waals surface area (Å²) in [5.41, 5.74) is -0.224. The van der Waals surface area contributed by atoms with Gasteiger partial charge in [0, 0.05) is 20.0 Å². The van der Waals surface area contributed by atoms with Gasteiger partial charge in [0.1, 0.15) is 0 Å². The Bertz CT molecular complexity index is 408. The fourth-order valence-corrected chi connectivity index (χ4v) is 1.03. The largest absolute Gasteiger partial charge is 0.488 e. The van der Waals surface area contributed by atoms with Crippen LogP contribution in [0.4, 0.5) is 5.69 Å². The van der Waals surface area contributed by atoms with Gasteiger partial charge in [-0.15, -0.1) is 0 Å². The lowest BCUT2D eigenvalue weighted by Crippen LogP contribution is -2.10. The predicted molar refractivity (Wildman–Crippen MR) is 51.1 cm³/mol. The molecule has 1 aromatic rings. The molecular formula is C9H11NO4. The summed E-state index contributed by atoms with van der Waals surface area (Å²) in [5, 5.41) is 2.75. The minimum Gasteiger partial charge on any atom is -0.488 e. The second-order valence-electron chi connectivity index (χ2n) is 2.65. The second-order valence-corrected chi connectivity index (χ2v) is 2.65.